The molecule has 1 fully saturated rings. The molecule has 1 aliphatic rings. The van der Waals surface area contributed by atoms with Crippen molar-refractivity contribution in [2.75, 3.05) is 6.54 Å². The highest BCUT2D eigenvalue weighted by Crippen LogP contribution is 2.17. The fourth-order valence-electron chi connectivity index (χ4n) is 3.35. The fraction of sp³-hybridized carbons (Fsp3) is 0.500. The minimum absolute atomic E-state index is 0.577. The maximum absolute atomic E-state index is 4.78. The summed E-state index contributed by atoms with van der Waals surface area (Å²) in [4.78, 5) is 9.07. The van der Waals surface area contributed by atoms with Crippen LogP contribution in [-0.4, -0.2) is 28.1 Å². The molecule has 0 spiro atoms. The second-order valence-electron chi connectivity index (χ2n) is 6.74. The van der Waals surface area contributed by atoms with Crippen molar-refractivity contribution >= 4 is 5.96 Å². The molecule has 5 heteroatoms. The molecule has 0 amide bonds. The number of rotatable bonds is 6. The van der Waals surface area contributed by atoms with Crippen LogP contribution < -0.4 is 10.6 Å². The number of hydrogen-bond acceptors (Lipinski definition) is 2. The van der Waals surface area contributed by atoms with Crippen LogP contribution >= 0.6 is 0 Å². The van der Waals surface area contributed by atoms with Crippen LogP contribution in [0.1, 0.15) is 49.6 Å². The number of nitrogens with one attached hydrogen (secondary N) is 2. The van der Waals surface area contributed by atoms with Gasteiger partial charge >= 0.3 is 0 Å². The average Bonchev–Trinajstić information content (AvgIpc) is 3.26. The fourth-order valence-corrected chi connectivity index (χ4v) is 3.35. The van der Waals surface area contributed by atoms with E-state index in [0.29, 0.717) is 12.6 Å². The normalized spacial score (nSPS) is 15.5. The summed E-state index contributed by atoms with van der Waals surface area (Å²) in [6.07, 6.45) is 9.03. The number of aliphatic imine (C=N–C) groups is 1. The zero-order valence-electron chi connectivity index (χ0n) is 15.3. The standard InChI is InChI=1S/C20H29N5/c1-3-21-20(24-19-9-4-5-10-19)23-14-17-7-6-8-18(13-17)15-25-12-11-22-16(25)2/h6-8,11-13,19H,3-5,9-10,14-15H2,1-2H3,(H2,21,23,24). The predicted octanol–water partition coefficient (Wildman–Crippen LogP) is 3.24. The Bertz CT molecular complexity index is 698. The Morgan fingerprint density at radius 2 is 2.08 bits per heavy atom. The van der Waals surface area contributed by atoms with E-state index in [2.05, 4.69) is 51.4 Å². The van der Waals surface area contributed by atoms with Crippen LogP contribution in [0.3, 0.4) is 0 Å². The van der Waals surface area contributed by atoms with Gasteiger partial charge in [0.05, 0.1) is 6.54 Å². The molecular formula is C20H29N5. The van der Waals surface area contributed by atoms with Gasteiger partial charge in [-0.15, -0.1) is 0 Å². The lowest BCUT2D eigenvalue weighted by Gasteiger charge is -2.16. The maximum Gasteiger partial charge on any atom is 0.191 e. The molecule has 0 saturated heterocycles. The van der Waals surface area contributed by atoms with Crippen LogP contribution in [0.5, 0.6) is 0 Å². The second-order valence-corrected chi connectivity index (χ2v) is 6.74. The number of benzene rings is 1. The third-order valence-electron chi connectivity index (χ3n) is 4.73. The largest absolute Gasteiger partial charge is 0.357 e. The van der Waals surface area contributed by atoms with E-state index in [1.165, 1.54) is 36.8 Å². The maximum atomic E-state index is 4.78. The molecule has 3 rings (SSSR count). The highest BCUT2D eigenvalue weighted by molar-refractivity contribution is 5.80. The number of imidazole rings is 1. The summed E-state index contributed by atoms with van der Waals surface area (Å²) in [6.45, 7) is 6.58. The monoisotopic (exact) mass is 339 g/mol. The van der Waals surface area contributed by atoms with Crippen molar-refractivity contribution in [3.63, 3.8) is 0 Å². The van der Waals surface area contributed by atoms with E-state index in [1.54, 1.807) is 0 Å². The van der Waals surface area contributed by atoms with Gasteiger partial charge < -0.3 is 15.2 Å². The van der Waals surface area contributed by atoms with Crippen LogP contribution in [0.25, 0.3) is 0 Å². The summed E-state index contributed by atoms with van der Waals surface area (Å²) in [5.41, 5.74) is 2.52. The van der Waals surface area contributed by atoms with E-state index in [4.69, 9.17) is 4.99 Å². The molecule has 0 atom stereocenters. The van der Waals surface area contributed by atoms with Gasteiger partial charge in [-0.3, -0.25) is 0 Å². The Balaban J connectivity index is 1.64. The molecule has 1 aromatic carbocycles. The van der Waals surface area contributed by atoms with Crippen LogP contribution in [0.4, 0.5) is 0 Å². The minimum atomic E-state index is 0.577. The van der Waals surface area contributed by atoms with Gasteiger partial charge in [0.1, 0.15) is 5.82 Å². The molecule has 1 aliphatic carbocycles. The van der Waals surface area contributed by atoms with Crippen molar-refractivity contribution in [1.29, 1.82) is 0 Å². The van der Waals surface area contributed by atoms with Gasteiger partial charge in [-0.25, -0.2) is 9.98 Å². The number of aryl methyl sites for hydroxylation is 1. The summed E-state index contributed by atoms with van der Waals surface area (Å²) in [6, 6.07) is 9.24. The van der Waals surface area contributed by atoms with Crippen molar-refractivity contribution in [2.24, 2.45) is 4.99 Å². The molecule has 0 radical (unpaired) electrons. The number of nitrogens with zero attached hydrogens (tertiary/aromatic N) is 3. The van der Waals surface area contributed by atoms with E-state index in [1.807, 2.05) is 19.3 Å². The molecule has 0 unspecified atom stereocenters. The molecule has 2 N–H and O–H groups in total. The topological polar surface area (TPSA) is 54.2 Å². The molecule has 1 heterocycles. The zero-order valence-corrected chi connectivity index (χ0v) is 15.3. The highest BCUT2D eigenvalue weighted by atomic mass is 15.2. The molecule has 25 heavy (non-hydrogen) atoms. The zero-order chi connectivity index (χ0) is 17.5. The van der Waals surface area contributed by atoms with E-state index < -0.39 is 0 Å². The lowest BCUT2D eigenvalue weighted by Crippen LogP contribution is -2.42. The first-order valence-electron chi connectivity index (χ1n) is 9.35. The lowest BCUT2D eigenvalue weighted by molar-refractivity contribution is 0.614. The second kappa shape index (κ2) is 8.70. The lowest BCUT2D eigenvalue weighted by atomic mass is 10.1. The van der Waals surface area contributed by atoms with E-state index in [0.717, 1.165) is 24.9 Å². The third kappa shape index (κ3) is 5.08. The SMILES string of the molecule is CCNC(=NCc1cccc(Cn2ccnc2C)c1)NC1CCCC1. The summed E-state index contributed by atoms with van der Waals surface area (Å²) >= 11 is 0. The molecule has 5 nitrogen and oxygen atoms in total. The first-order valence-corrected chi connectivity index (χ1v) is 9.35. The van der Waals surface area contributed by atoms with Gasteiger partial charge in [0.25, 0.3) is 0 Å². The summed E-state index contributed by atoms with van der Waals surface area (Å²) in [5.74, 6) is 1.98. The summed E-state index contributed by atoms with van der Waals surface area (Å²) in [7, 11) is 0. The molecule has 134 valence electrons. The Morgan fingerprint density at radius 1 is 1.28 bits per heavy atom. The summed E-state index contributed by atoms with van der Waals surface area (Å²) in [5, 5.41) is 6.94. The molecule has 0 aliphatic heterocycles. The van der Waals surface area contributed by atoms with Crippen molar-refractivity contribution in [2.45, 2.75) is 58.7 Å². The number of aromatic nitrogens is 2. The van der Waals surface area contributed by atoms with Gasteiger partial charge in [-0.2, -0.15) is 0 Å². The highest BCUT2D eigenvalue weighted by Gasteiger charge is 2.15. The van der Waals surface area contributed by atoms with Gasteiger partial charge in [-0.05, 0) is 37.8 Å². The van der Waals surface area contributed by atoms with Crippen LogP contribution in [0.2, 0.25) is 0 Å². The van der Waals surface area contributed by atoms with Crippen LogP contribution in [-0.2, 0) is 13.1 Å². The average molecular weight is 339 g/mol. The van der Waals surface area contributed by atoms with E-state index >= 15 is 0 Å². The Morgan fingerprint density at radius 3 is 2.80 bits per heavy atom. The smallest absolute Gasteiger partial charge is 0.191 e. The van der Waals surface area contributed by atoms with Gasteiger partial charge in [-0.1, -0.05) is 37.1 Å². The number of guanidine groups is 1. The quantitative estimate of drug-likeness (QED) is 0.627. The molecule has 2 aromatic rings. The van der Waals surface area contributed by atoms with E-state index in [9.17, 15) is 0 Å². The van der Waals surface area contributed by atoms with Gasteiger partial charge in [0.15, 0.2) is 5.96 Å². The molecule has 0 bridgehead atoms. The van der Waals surface area contributed by atoms with Crippen molar-refractivity contribution in [3.8, 4) is 0 Å². The van der Waals surface area contributed by atoms with E-state index in [-0.39, 0.29) is 0 Å². The number of hydrogen-bond donors (Lipinski definition) is 2. The molecule has 1 saturated carbocycles. The Kier molecular flexibility index (Phi) is 6.09. The van der Waals surface area contributed by atoms with Crippen molar-refractivity contribution in [1.82, 2.24) is 20.2 Å². The van der Waals surface area contributed by atoms with Gasteiger partial charge in [0.2, 0.25) is 0 Å². The first-order chi connectivity index (χ1) is 12.2. The van der Waals surface area contributed by atoms with Crippen molar-refractivity contribution < 1.29 is 0 Å². The van der Waals surface area contributed by atoms with Crippen LogP contribution in [0, 0.1) is 6.92 Å². The molecular weight excluding hydrogens is 310 g/mol. The van der Waals surface area contributed by atoms with Gasteiger partial charge in [0, 0.05) is 31.5 Å². The third-order valence-corrected chi connectivity index (χ3v) is 4.73. The summed E-state index contributed by atoms with van der Waals surface area (Å²) < 4.78 is 2.16. The minimum Gasteiger partial charge on any atom is -0.357 e. The van der Waals surface area contributed by atoms with Crippen molar-refractivity contribution in [3.05, 3.63) is 53.6 Å². The Labute approximate surface area is 150 Å². The van der Waals surface area contributed by atoms with Crippen LogP contribution in [0.15, 0.2) is 41.7 Å². The molecule has 1 aromatic heterocycles. The Hall–Kier alpha value is -2.30. The predicted molar refractivity (Wildman–Crippen MR) is 103 cm³/mol. The first kappa shape index (κ1) is 17.5.